The van der Waals surface area contributed by atoms with Gasteiger partial charge in [0.1, 0.15) is 6.54 Å². The highest BCUT2D eigenvalue weighted by atomic mass is 32.2. The fourth-order valence-corrected chi connectivity index (χ4v) is 1.89. The first-order valence-electron chi connectivity index (χ1n) is 5.39. The molecule has 19 heavy (non-hydrogen) atoms. The van der Waals surface area contributed by atoms with Crippen LogP contribution < -0.4 is 5.14 Å². The van der Waals surface area contributed by atoms with Crippen LogP contribution in [-0.2, 0) is 14.8 Å². The maximum Gasteiger partial charge on any atom is 0.323 e. The van der Waals surface area contributed by atoms with E-state index < -0.39 is 33.5 Å². The Morgan fingerprint density at radius 1 is 1.42 bits per heavy atom. The van der Waals surface area contributed by atoms with Gasteiger partial charge >= 0.3 is 5.97 Å². The second kappa shape index (κ2) is 5.85. The Labute approximate surface area is 109 Å². The summed E-state index contributed by atoms with van der Waals surface area (Å²) in [5.41, 5.74) is 0. The Bertz CT molecular complexity index is 577. The number of furan rings is 1. The maximum atomic E-state index is 11.9. The third kappa shape index (κ3) is 4.07. The molecule has 8 nitrogen and oxygen atoms in total. The van der Waals surface area contributed by atoms with Gasteiger partial charge in [0, 0.05) is 6.54 Å². The summed E-state index contributed by atoms with van der Waals surface area (Å²) in [6, 6.07) is 2.19. The molecule has 106 valence electrons. The molecular formula is C10H14N2O6S. The van der Waals surface area contributed by atoms with E-state index in [-0.39, 0.29) is 12.3 Å². The van der Waals surface area contributed by atoms with E-state index in [0.29, 0.717) is 6.42 Å². The molecule has 0 aliphatic heterocycles. The Balaban J connectivity index is 2.97. The van der Waals surface area contributed by atoms with Crippen molar-refractivity contribution in [2.45, 2.75) is 18.4 Å². The second-order valence-corrected chi connectivity index (χ2v) is 5.28. The van der Waals surface area contributed by atoms with Gasteiger partial charge in [-0.3, -0.25) is 9.59 Å². The Kier molecular flexibility index (Phi) is 4.67. The van der Waals surface area contributed by atoms with Crippen LogP contribution in [0.25, 0.3) is 0 Å². The van der Waals surface area contributed by atoms with Crippen molar-refractivity contribution in [2.75, 3.05) is 13.1 Å². The van der Waals surface area contributed by atoms with E-state index in [4.69, 9.17) is 14.7 Å². The lowest BCUT2D eigenvalue weighted by atomic mass is 10.3. The average molecular weight is 290 g/mol. The molecule has 0 fully saturated rings. The zero-order chi connectivity index (χ0) is 14.6. The molecule has 1 rings (SSSR count). The van der Waals surface area contributed by atoms with E-state index in [1.165, 1.54) is 0 Å². The molecule has 1 aromatic heterocycles. The van der Waals surface area contributed by atoms with Crippen LogP contribution in [0.5, 0.6) is 0 Å². The number of carboxylic acid groups (broad SMARTS) is 1. The number of hydrogen-bond donors (Lipinski definition) is 2. The highest BCUT2D eigenvalue weighted by molar-refractivity contribution is 7.89. The molecule has 0 spiro atoms. The molecule has 0 aromatic carbocycles. The molecule has 3 N–H and O–H groups in total. The fourth-order valence-electron chi connectivity index (χ4n) is 1.43. The molecule has 1 heterocycles. The molecule has 0 saturated carbocycles. The number of rotatable bonds is 6. The van der Waals surface area contributed by atoms with Gasteiger partial charge in [-0.1, -0.05) is 6.92 Å². The maximum absolute atomic E-state index is 11.9. The summed E-state index contributed by atoms with van der Waals surface area (Å²) in [6.45, 7) is 1.51. The van der Waals surface area contributed by atoms with Gasteiger partial charge in [-0.15, -0.1) is 0 Å². The molecule has 0 bridgehead atoms. The van der Waals surface area contributed by atoms with E-state index in [2.05, 4.69) is 0 Å². The number of carbonyl (C=O) groups excluding carboxylic acids is 1. The van der Waals surface area contributed by atoms with E-state index in [9.17, 15) is 18.0 Å². The van der Waals surface area contributed by atoms with Gasteiger partial charge in [-0.25, -0.2) is 13.6 Å². The standard InChI is InChI=1S/C10H14N2O6S/c1-2-5-12(6-8(13)14)10(15)7-3-4-9(18-7)19(11,16)17/h3-4H,2,5-6H2,1H3,(H,13,14)(H2,11,16,17). The SMILES string of the molecule is CCCN(CC(=O)O)C(=O)c1ccc(S(N)(=O)=O)o1. The molecule has 0 unspecified atom stereocenters. The lowest BCUT2D eigenvalue weighted by molar-refractivity contribution is -0.137. The number of nitrogens with two attached hydrogens (primary N) is 1. The van der Waals surface area contributed by atoms with E-state index in [0.717, 1.165) is 17.0 Å². The van der Waals surface area contributed by atoms with Crippen LogP contribution in [0.1, 0.15) is 23.9 Å². The normalized spacial score (nSPS) is 11.3. The molecule has 0 radical (unpaired) electrons. The highest BCUT2D eigenvalue weighted by Crippen LogP contribution is 2.14. The predicted octanol–water partition coefficient (Wildman–Crippen LogP) is -0.136. The largest absolute Gasteiger partial charge is 0.480 e. The van der Waals surface area contributed by atoms with Gasteiger partial charge in [-0.2, -0.15) is 0 Å². The summed E-state index contributed by atoms with van der Waals surface area (Å²) in [5.74, 6) is -2.13. The topological polar surface area (TPSA) is 131 Å². The van der Waals surface area contributed by atoms with E-state index >= 15 is 0 Å². The first-order chi connectivity index (χ1) is 8.75. The van der Waals surface area contributed by atoms with E-state index in [1.54, 1.807) is 6.92 Å². The van der Waals surface area contributed by atoms with Crippen molar-refractivity contribution in [3.8, 4) is 0 Å². The summed E-state index contributed by atoms with van der Waals surface area (Å²) in [5, 5.41) is 13.0. The molecule has 0 aliphatic rings. The van der Waals surface area contributed by atoms with Crippen LogP contribution in [0.2, 0.25) is 0 Å². The van der Waals surface area contributed by atoms with Crippen molar-refractivity contribution in [1.29, 1.82) is 0 Å². The monoisotopic (exact) mass is 290 g/mol. The number of amides is 1. The number of hydrogen-bond acceptors (Lipinski definition) is 5. The van der Waals surface area contributed by atoms with Crippen molar-refractivity contribution in [3.05, 3.63) is 17.9 Å². The third-order valence-electron chi connectivity index (χ3n) is 2.18. The van der Waals surface area contributed by atoms with Crippen LogP contribution in [-0.4, -0.2) is 43.4 Å². The van der Waals surface area contributed by atoms with Crippen molar-refractivity contribution >= 4 is 21.9 Å². The zero-order valence-electron chi connectivity index (χ0n) is 10.2. The minimum absolute atomic E-state index is 0.219. The predicted molar refractivity (Wildman–Crippen MR) is 63.9 cm³/mol. The molecule has 1 amide bonds. The smallest absolute Gasteiger partial charge is 0.323 e. The Morgan fingerprint density at radius 3 is 2.47 bits per heavy atom. The quantitative estimate of drug-likeness (QED) is 0.749. The number of carbonyl (C=O) groups is 2. The zero-order valence-corrected chi connectivity index (χ0v) is 11.0. The van der Waals surface area contributed by atoms with Crippen molar-refractivity contribution in [1.82, 2.24) is 4.90 Å². The van der Waals surface area contributed by atoms with Gasteiger partial charge in [0.05, 0.1) is 0 Å². The van der Waals surface area contributed by atoms with Gasteiger partial charge in [0.15, 0.2) is 5.76 Å². The molecule has 1 aromatic rings. The van der Waals surface area contributed by atoms with Gasteiger partial charge in [0.2, 0.25) is 5.09 Å². The van der Waals surface area contributed by atoms with Crippen molar-refractivity contribution < 1.29 is 27.5 Å². The molecule has 9 heteroatoms. The Hall–Kier alpha value is -1.87. The van der Waals surface area contributed by atoms with Crippen LogP contribution in [0.3, 0.4) is 0 Å². The number of primary sulfonamides is 1. The van der Waals surface area contributed by atoms with Gasteiger partial charge in [-0.05, 0) is 18.6 Å². The van der Waals surface area contributed by atoms with Crippen LogP contribution >= 0.6 is 0 Å². The van der Waals surface area contributed by atoms with Gasteiger partial charge in [0.25, 0.3) is 15.9 Å². The summed E-state index contributed by atoms with van der Waals surface area (Å²) in [6.07, 6.45) is 0.557. The minimum Gasteiger partial charge on any atom is -0.480 e. The van der Waals surface area contributed by atoms with E-state index in [1.807, 2.05) is 0 Å². The molecular weight excluding hydrogens is 276 g/mol. The van der Waals surface area contributed by atoms with Crippen LogP contribution in [0.15, 0.2) is 21.6 Å². The molecule has 0 aliphatic carbocycles. The fraction of sp³-hybridized carbons (Fsp3) is 0.400. The summed E-state index contributed by atoms with van der Waals surface area (Å²) < 4.78 is 26.8. The van der Waals surface area contributed by atoms with Crippen molar-refractivity contribution in [3.63, 3.8) is 0 Å². The molecule has 0 atom stereocenters. The first kappa shape index (κ1) is 15.2. The molecule has 0 saturated heterocycles. The van der Waals surface area contributed by atoms with Crippen LogP contribution in [0.4, 0.5) is 0 Å². The summed E-state index contributed by atoms with van der Waals surface area (Å²) in [7, 11) is -4.03. The Morgan fingerprint density at radius 2 is 2.05 bits per heavy atom. The highest BCUT2D eigenvalue weighted by Gasteiger charge is 2.23. The van der Waals surface area contributed by atoms with Crippen LogP contribution in [0, 0.1) is 0 Å². The number of carboxylic acids is 1. The third-order valence-corrected chi connectivity index (χ3v) is 2.96. The average Bonchev–Trinajstić information content (AvgIpc) is 2.75. The van der Waals surface area contributed by atoms with Crippen molar-refractivity contribution in [2.24, 2.45) is 5.14 Å². The summed E-state index contributed by atoms with van der Waals surface area (Å²) >= 11 is 0. The lowest BCUT2D eigenvalue weighted by Crippen LogP contribution is -2.36. The first-order valence-corrected chi connectivity index (χ1v) is 6.94. The number of nitrogens with zero attached hydrogens (tertiary/aromatic N) is 1. The number of aliphatic carboxylic acids is 1. The summed E-state index contributed by atoms with van der Waals surface area (Å²) in [4.78, 5) is 23.6. The lowest BCUT2D eigenvalue weighted by Gasteiger charge is -2.18. The second-order valence-electron chi connectivity index (χ2n) is 3.78. The van der Waals surface area contributed by atoms with Gasteiger partial charge < -0.3 is 14.4 Å². The number of sulfonamides is 1. The minimum atomic E-state index is -4.03.